The second-order valence-corrected chi connectivity index (χ2v) is 1.22. The maximum absolute atomic E-state index is 9.10. The van der Waals surface area contributed by atoms with Gasteiger partial charge in [-0.3, -0.25) is 0 Å². The zero-order valence-corrected chi connectivity index (χ0v) is 8.42. The summed E-state index contributed by atoms with van der Waals surface area (Å²) in [5.41, 5.74) is 0. The molecule has 0 saturated heterocycles. The van der Waals surface area contributed by atoms with E-state index < -0.39 is 23.9 Å². The molecule has 0 aromatic carbocycles. The van der Waals surface area contributed by atoms with Gasteiger partial charge in [-0.2, -0.15) is 0 Å². The van der Waals surface area contributed by atoms with Crippen LogP contribution in [0.2, 0.25) is 0 Å². The molecule has 0 fully saturated rings. The Morgan fingerprint density at radius 1 is 0.538 bits per heavy atom. The quantitative estimate of drug-likeness (QED) is 0.259. The fourth-order valence-corrected chi connectivity index (χ4v) is 0. The number of carboxylic acids is 4. The van der Waals surface area contributed by atoms with E-state index >= 15 is 0 Å². The van der Waals surface area contributed by atoms with Gasteiger partial charge in [0.05, 0.1) is 0 Å². The Kier molecular flexibility index (Phi) is 12.3. The van der Waals surface area contributed by atoms with E-state index in [1.807, 2.05) is 0 Å². The molecule has 0 amide bonds. The third-order valence-corrected chi connectivity index (χ3v) is 0.366. The molecule has 13 heavy (non-hydrogen) atoms. The van der Waals surface area contributed by atoms with Crippen LogP contribution >= 0.6 is 0 Å². The third-order valence-electron chi connectivity index (χ3n) is 0.366. The van der Waals surface area contributed by atoms with E-state index in [1.165, 1.54) is 0 Å². The second-order valence-electron chi connectivity index (χ2n) is 1.22. The number of hydrogen-bond acceptors (Lipinski definition) is 4. The molecule has 0 aromatic heterocycles. The van der Waals surface area contributed by atoms with E-state index in [2.05, 4.69) is 0 Å². The molecule has 0 saturated carbocycles. The summed E-state index contributed by atoms with van der Waals surface area (Å²) in [5.74, 6) is -7.30. The van der Waals surface area contributed by atoms with Crippen molar-refractivity contribution < 1.29 is 39.6 Å². The molecule has 0 rings (SSSR count). The first-order valence-corrected chi connectivity index (χ1v) is 2.21. The van der Waals surface area contributed by atoms with E-state index in [0.717, 1.165) is 0 Å². The normalized spacial score (nSPS) is 6.77. The molecule has 0 aliphatic rings. The van der Waals surface area contributed by atoms with E-state index in [4.69, 9.17) is 39.6 Å². The van der Waals surface area contributed by atoms with Gasteiger partial charge in [-0.25, -0.2) is 19.2 Å². The number of carbonyl (C=O) groups is 4. The Morgan fingerprint density at radius 2 is 0.615 bits per heavy atom. The summed E-state index contributed by atoms with van der Waals surface area (Å²) < 4.78 is 0. The number of carboxylic acid groups (broad SMARTS) is 4. The molecule has 0 spiro atoms. The first-order chi connectivity index (χ1) is 5.29. The molecule has 0 unspecified atom stereocenters. The van der Waals surface area contributed by atoms with Crippen molar-refractivity contribution in [2.75, 3.05) is 0 Å². The van der Waals surface area contributed by atoms with Gasteiger partial charge in [-0.05, 0) is 0 Å². The minimum Gasteiger partial charge on any atom is -0.473 e. The van der Waals surface area contributed by atoms with Gasteiger partial charge in [0.1, 0.15) is 0 Å². The molecule has 69 valence electrons. The van der Waals surface area contributed by atoms with Gasteiger partial charge >= 0.3 is 23.9 Å². The smallest absolute Gasteiger partial charge is 0.414 e. The van der Waals surface area contributed by atoms with Gasteiger partial charge in [-0.1, -0.05) is 0 Å². The third kappa shape index (κ3) is 18.1. The molecule has 0 heterocycles. The Hall–Kier alpha value is -1.12. The predicted octanol–water partition coefficient (Wildman–Crippen LogP) is -2.07. The van der Waals surface area contributed by atoms with Crippen LogP contribution in [-0.2, 0) is 19.2 Å². The summed E-state index contributed by atoms with van der Waals surface area (Å²) in [4.78, 5) is 36.4. The van der Waals surface area contributed by atoms with Crippen LogP contribution in [0.3, 0.4) is 0 Å². The molecule has 9 heteroatoms. The Balaban J connectivity index is -0.000000143. The van der Waals surface area contributed by atoms with Gasteiger partial charge in [-0.15, -0.1) is 0 Å². The molecule has 0 atom stereocenters. The molecule has 0 aromatic rings. The van der Waals surface area contributed by atoms with E-state index in [9.17, 15) is 0 Å². The predicted molar refractivity (Wildman–Crippen MR) is 36.3 cm³/mol. The molecule has 0 aliphatic carbocycles. The van der Waals surface area contributed by atoms with E-state index in [-0.39, 0.29) is 29.6 Å². The van der Waals surface area contributed by atoms with Crippen LogP contribution in [0.15, 0.2) is 0 Å². The summed E-state index contributed by atoms with van der Waals surface area (Å²) in [5, 5.41) is 29.6. The summed E-state index contributed by atoms with van der Waals surface area (Å²) in [7, 11) is 0. The minimum absolute atomic E-state index is 0. The van der Waals surface area contributed by atoms with Gasteiger partial charge in [0.2, 0.25) is 0 Å². The summed E-state index contributed by atoms with van der Waals surface area (Å²) in [6, 6.07) is 0. The van der Waals surface area contributed by atoms with Gasteiger partial charge < -0.3 is 20.4 Å². The van der Waals surface area contributed by atoms with Crippen molar-refractivity contribution in [2.24, 2.45) is 0 Å². The summed E-state index contributed by atoms with van der Waals surface area (Å²) >= 11 is 0. The zero-order valence-electron chi connectivity index (χ0n) is 6.42. The van der Waals surface area contributed by atoms with Crippen molar-refractivity contribution in [1.82, 2.24) is 0 Å². The maximum atomic E-state index is 9.10. The van der Waals surface area contributed by atoms with Crippen LogP contribution in [0.5, 0.6) is 0 Å². The fourth-order valence-electron chi connectivity index (χ4n) is 0. The Morgan fingerprint density at radius 3 is 0.615 bits per heavy atom. The average Bonchev–Trinajstić information content (AvgIpc) is 1.88. The van der Waals surface area contributed by atoms with Gasteiger partial charge in [0, 0.05) is 29.6 Å². The van der Waals surface area contributed by atoms with Crippen LogP contribution in [0.25, 0.3) is 0 Å². The minimum atomic E-state index is -1.82. The second kappa shape index (κ2) is 8.97. The van der Waals surface area contributed by atoms with Crippen molar-refractivity contribution >= 4 is 53.4 Å². The van der Waals surface area contributed by atoms with E-state index in [0.29, 0.717) is 0 Å². The first kappa shape index (κ1) is 17.8. The van der Waals surface area contributed by atoms with Gasteiger partial charge in [0.15, 0.2) is 0 Å². The Bertz CT molecular complexity index is 172. The SMILES string of the molecule is O=C(O)C(=O)O.O=C(O)C(=O)O.[Na]. The molecule has 4 N–H and O–H groups in total. The zero-order chi connectivity index (χ0) is 10.3. The number of hydrogen-bond donors (Lipinski definition) is 4. The molecule has 0 aliphatic heterocycles. The monoisotopic (exact) mass is 203 g/mol. The van der Waals surface area contributed by atoms with Crippen LogP contribution in [-0.4, -0.2) is 73.9 Å². The van der Waals surface area contributed by atoms with E-state index in [1.54, 1.807) is 0 Å². The fraction of sp³-hybridized carbons (Fsp3) is 0. The van der Waals surface area contributed by atoms with Crippen molar-refractivity contribution in [3.63, 3.8) is 0 Å². The van der Waals surface area contributed by atoms with Gasteiger partial charge in [0.25, 0.3) is 0 Å². The Labute approximate surface area is 93.1 Å². The summed E-state index contributed by atoms with van der Waals surface area (Å²) in [6.07, 6.45) is 0. The number of aliphatic carboxylic acids is 4. The van der Waals surface area contributed by atoms with Crippen molar-refractivity contribution in [1.29, 1.82) is 0 Å². The van der Waals surface area contributed by atoms with Crippen LogP contribution < -0.4 is 0 Å². The average molecular weight is 203 g/mol. The molecule has 1 radical (unpaired) electrons. The molecular formula is C4H4NaO8. The topological polar surface area (TPSA) is 149 Å². The van der Waals surface area contributed by atoms with Crippen LogP contribution in [0.4, 0.5) is 0 Å². The first-order valence-electron chi connectivity index (χ1n) is 2.21. The van der Waals surface area contributed by atoms with Crippen molar-refractivity contribution in [3.8, 4) is 0 Å². The largest absolute Gasteiger partial charge is 0.473 e. The molecular weight excluding hydrogens is 199 g/mol. The maximum Gasteiger partial charge on any atom is 0.414 e. The van der Waals surface area contributed by atoms with Crippen molar-refractivity contribution in [2.45, 2.75) is 0 Å². The number of rotatable bonds is 0. The van der Waals surface area contributed by atoms with Crippen LogP contribution in [0.1, 0.15) is 0 Å². The molecule has 8 nitrogen and oxygen atoms in total. The molecule has 0 bridgehead atoms. The van der Waals surface area contributed by atoms with Crippen molar-refractivity contribution in [3.05, 3.63) is 0 Å². The summed E-state index contributed by atoms with van der Waals surface area (Å²) in [6.45, 7) is 0. The van der Waals surface area contributed by atoms with Crippen LogP contribution in [0, 0.1) is 0 Å². The standard InChI is InChI=1S/2C2H2O4.Na/c2*3-1(4)2(5)6;/h2*(H,3,4)(H,5,6);.